The van der Waals surface area contributed by atoms with Gasteiger partial charge in [-0.3, -0.25) is 0 Å². The molecule has 0 amide bonds. The summed E-state index contributed by atoms with van der Waals surface area (Å²) in [6.07, 6.45) is 1.78. The van der Waals surface area contributed by atoms with Gasteiger partial charge in [0.05, 0.1) is 6.04 Å². The van der Waals surface area contributed by atoms with Crippen molar-refractivity contribution < 1.29 is 0 Å². The van der Waals surface area contributed by atoms with E-state index in [1.165, 1.54) is 5.56 Å². The van der Waals surface area contributed by atoms with Gasteiger partial charge in [-0.2, -0.15) is 5.10 Å². The number of hydrogen-bond donors (Lipinski definition) is 1. The first kappa shape index (κ1) is 13.7. The minimum absolute atomic E-state index is 0.203. The van der Waals surface area contributed by atoms with Gasteiger partial charge in [0.1, 0.15) is 5.82 Å². The van der Waals surface area contributed by atoms with Gasteiger partial charge >= 0.3 is 0 Å². The van der Waals surface area contributed by atoms with Gasteiger partial charge in [0.15, 0.2) is 5.82 Å². The van der Waals surface area contributed by atoms with E-state index in [1.54, 1.807) is 0 Å². The molecule has 2 aromatic rings. The Kier molecular flexibility index (Phi) is 4.68. The summed E-state index contributed by atoms with van der Waals surface area (Å²) in [4.78, 5) is 4.60. The third-order valence-corrected chi connectivity index (χ3v) is 3.26. The molecule has 0 saturated heterocycles. The molecule has 1 atom stereocenters. The second-order valence-corrected chi connectivity index (χ2v) is 4.58. The van der Waals surface area contributed by atoms with Gasteiger partial charge < -0.3 is 5.32 Å². The van der Waals surface area contributed by atoms with E-state index in [1.807, 2.05) is 13.1 Å². The number of aryl methyl sites for hydroxylation is 2. The standard InChI is InChI=1S/C15H22N4/c1-4-14-17-15(5-2)19(18-14)13(11-16-3)12-9-7-6-8-10-12/h6-10,13,16H,4-5,11H2,1-3H3. The lowest BCUT2D eigenvalue weighted by molar-refractivity contribution is 0.478. The van der Waals surface area contributed by atoms with Crippen molar-refractivity contribution in [2.45, 2.75) is 32.7 Å². The number of rotatable bonds is 6. The summed E-state index contributed by atoms with van der Waals surface area (Å²) in [6.45, 7) is 5.07. The van der Waals surface area contributed by atoms with Crippen LogP contribution in [-0.4, -0.2) is 28.4 Å². The molecule has 102 valence electrons. The molecule has 1 aromatic carbocycles. The van der Waals surface area contributed by atoms with Crippen LogP contribution >= 0.6 is 0 Å². The maximum absolute atomic E-state index is 4.66. The molecule has 1 N–H and O–H groups in total. The Balaban J connectivity index is 2.41. The molecule has 4 heteroatoms. The highest BCUT2D eigenvalue weighted by molar-refractivity contribution is 5.20. The van der Waals surface area contributed by atoms with E-state index in [9.17, 15) is 0 Å². The van der Waals surface area contributed by atoms with Crippen LogP contribution in [0.3, 0.4) is 0 Å². The first-order valence-electron chi connectivity index (χ1n) is 6.94. The summed E-state index contributed by atoms with van der Waals surface area (Å²) in [7, 11) is 1.97. The molecular formula is C15H22N4. The predicted octanol–water partition coefficient (Wildman–Crippen LogP) is 2.21. The van der Waals surface area contributed by atoms with E-state index >= 15 is 0 Å². The minimum Gasteiger partial charge on any atom is -0.317 e. The Hall–Kier alpha value is -1.68. The molecule has 1 unspecified atom stereocenters. The lowest BCUT2D eigenvalue weighted by Crippen LogP contribution is -2.25. The van der Waals surface area contributed by atoms with Crippen LogP contribution in [0, 0.1) is 0 Å². The van der Waals surface area contributed by atoms with Crippen LogP contribution in [0.1, 0.15) is 37.1 Å². The summed E-state index contributed by atoms with van der Waals surface area (Å²) in [5, 5.41) is 7.92. The largest absolute Gasteiger partial charge is 0.317 e. The molecule has 0 spiro atoms. The van der Waals surface area contributed by atoms with Gasteiger partial charge in [-0.1, -0.05) is 44.2 Å². The fourth-order valence-electron chi connectivity index (χ4n) is 2.26. The number of benzene rings is 1. The van der Waals surface area contributed by atoms with Gasteiger partial charge in [0.2, 0.25) is 0 Å². The second kappa shape index (κ2) is 6.48. The summed E-state index contributed by atoms with van der Waals surface area (Å²) >= 11 is 0. The molecule has 0 aliphatic heterocycles. The van der Waals surface area contributed by atoms with E-state index < -0.39 is 0 Å². The van der Waals surface area contributed by atoms with Crippen LogP contribution < -0.4 is 5.32 Å². The molecule has 4 nitrogen and oxygen atoms in total. The summed E-state index contributed by atoms with van der Waals surface area (Å²) in [5.41, 5.74) is 1.26. The topological polar surface area (TPSA) is 42.7 Å². The van der Waals surface area contributed by atoms with Crippen LogP contribution in [0.2, 0.25) is 0 Å². The van der Waals surface area contributed by atoms with Crippen molar-refractivity contribution in [3.05, 3.63) is 47.5 Å². The molecule has 0 fully saturated rings. The molecule has 1 aromatic heterocycles. The minimum atomic E-state index is 0.203. The second-order valence-electron chi connectivity index (χ2n) is 4.58. The quantitative estimate of drug-likeness (QED) is 0.864. The summed E-state index contributed by atoms with van der Waals surface area (Å²) < 4.78 is 2.07. The van der Waals surface area contributed by atoms with Gasteiger partial charge in [-0.05, 0) is 12.6 Å². The van der Waals surface area contributed by atoms with E-state index in [0.717, 1.165) is 31.0 Å². The fraction of sp³-hybridized carbons (Fsp3) is 0.467. The SMILES string of the molecule is CCc1nc(CC)n(C(CNC)c2ccccc2)n1. The zero-order valence-corrected chi connectivity index (χ0v) is 11.9. The predicted molar refractivity (Wildman–Crippen MR) is 77.3 cm³/mol. The van der Waals surface area contributed by atoms with Gasteiger partial charge in [-0.25, -0.2) is 9.67 Å². The molecule has 1 heterocycles. The first-order chi connectivity index (χ1) is 9.30. The fourth-order valence-corrected chi connectivity index (χ4v) is 2.26. The molecule has 2 rings (SSSR count). The number of nitrogens with zero attached hydrogens (tertiary/aromatic N) is 3. The van der Waals surface area contributed by atoms with Crippen molar-refractivity contribution in [2.24, 2.45) is 0 Å². The lowest BCUT2D eigenvalue weighted by atomic mass is 10.1. The summed E-state index contributed by atoms with van der Waals surface area (Å²) in [6, 6.07) is 10.7. The van der Waals surface area contributed by atoms with Gasteiger partial charge in [-0.15, -0.1) is 0 Å². The highest BCUT2D eigenvalue weighted by atomic mass is 15.4. The maximum Gasteiger partial charge on any atom is 0.150 e. The zero-order chi connectivity index (χ0) is 13.7. The summed E-state index contributed by atoms with van der Waals surface area (Å²) in [5.74, 6) is 1.98. The number of nitrogens with one attached hydrogen (secondary N) is 1. The lowest BCUT2D eigenvalue weighted by Gasteiger charge is -2.19. The Morgan fingerprint density at radius 3 is 2.47 bits per heavy atom. The van der Waals surface area contributed by atoms with Crippen LogP contribution in [0.25, 0.3) is 0 Å². The maximum atomic E-state index is 4.66. The zero-order valence-electron chi connectivity index (χ0n) is 11.9. The first-order valence-corrected chi connectivity index (χ1v) is 6.94. The molecule has 0 saturated carbocycles. The van der Waals surface area contributed by atoms with Crippen molar-refractivity contribution in [2.75, 3.05) is 13.6 Å². The van der Waals surface area contributed by atoms with E-state index in [0.29, 0.717) is 0 Å². The normalized spacial score (nSPS) is 12.6. The highest BCUT2D eigenvalue weighted by Crippen LogP contribution is 2.19. The van der Waals surface area contributed by atoms with Crippen molar-refractivity contribution >= 4 is 0 Å². The van der Waals surface area contributed by atoms with E-state index in [4.69, 9.17) is 0 Å². The van der Waals surface area contributed by atoms with Crippen molar-refractivity contribution in [3.63, 3.8) is 0 Å². The van der Waals surface area contributed by atoms with Crippen LogP contribution in [0.5, 0.6) is 0 Å². The Bertz CT molecular complexity index is 504. The van der Waals surface area contributed by atoms with Crippen LogP contribution in [0.15, 0.2) is 30.3 Å². The Morgan fingerprint density at radius 1 is 1.16 bits per heavy atom. The third kappa shape index (κ3) is 3.01. The van der Waals surface area contributed by atoms with Gasteiger partial charge in [0.25, 0.3) is 0 Å². The molecule has 19 heavy (non-hydrogen) atoms. The monoisotopic (exact) mass is 258 g/mol. The average molecular weight is 258 g/mol. The van der Waals surface area contributed by atoms with Crippen LogP contribution in [-0.2, 0) is 12.8 Å². The number of hydrogen-bond acceptors (Lipinski definition) is 3. The average Bonchev–Trinajstić information content (AvgIpc) is 2.88. The molecule has 0 aliphatic rings. The van der Waals surface area contributed by atoms with Crippen molar-refractivity contribution in [3.8, 4) is 0 Å². The van der Waals surface area contributed by atoms with E-state index in [2.05, 4.69) is 58.2 Å². The molecular weight excluding hydrogens is 236 g/mol. The van der Waals surface area contributed by atoms with Crippen LogP contribution in [0.4, 0.5) is 0 Å². The van der Waals surface area contributed by atoms with Crippen molar-refractivity contribution in [1.82, 2.24) is 20.1 Å². The Labute approximate surface area is 114 Å². The Morgan fingerprint density at radius 2 is 1.89 bits per heavy atom. The highest BCUT2D eigenvalue weighted by Gasteiger charge is 2.18. The van der Waals surface area contributed by atoms with Crippen molar-refractivity contribution in [1.29, 1.82) is 0 Å². The molecule has 0 bridgehead atoms. The smallest absolute Gasteiger partial charge is 0.150 e. The molecule has 0 radical (unpaired) electrons. The number of likely N-dealkylation sites (N-methyl/N-ethyl adjacent to an activating group) is 1. The molecule has 0 aliphatic carbocycles. The number of aromatic nitrogens is 3. The van der Waals surface area contributed by atoms with Gasteiger partial charge in [0, 0.05) is 19.4 Å². The van der Waals surface area contributed by atoms with E-state index in [-0.39, 0.29) is 6.04 Å². The third-order valence-electron chi connectivity index (χ3n) is 3.26.